The third-order valence-electron chi connectivity index (χ3n) is 6.31. The molecule has 30 heavy (non-hydrogen) atoms. The Bertz CT molecular complexity index is 955. The molecule has 0 bridgehead atoms. The SMILES string of the molecule is CSCCCNC(=O)c1ccc(C(=O)c2cc3c(cc2C)C(C)(C)CCC3(C)C)o1. The molecule has 1 N–H and O–H groups in total. The van der Waals surface area contributed by atoms with Crippen LogP contribution < -0.4 is 5.32 Å². The van der Waals surface area contributed by atoms with Crippen LogP contribution in [-0.4, -0.2) is 30.2 Å². The van der Waals surface area contributed by atoms with Gasteiger partial charge in [-0.2, -0.15) is 11.8 Å². The van der Waals surface area contributed by atoms with E-state index in [2.05, 4.69) is 45.1 Å². The van der Waals surface area contributed by atoms with E-state index in [1.165, 1.54) is 11.1 Å². The fourth-order valence-corrected chi connectivity index (χ4v) is 4.62. The van der Waals surface area contributed by atoms with Gasteiger partial charge < -0.3 is 9.73 Å². The minimum atomic E-state index is -0.278. The summed E-state index contributed by atoms with van der Waals surface area (Å²) in [7, 11) is 0. The topological polar surface area (TPSA) is 59.3 Å². The molecule has 5 heteroatoms. The summed E-state index contributed by atoms with van der Waals surface area (Å²) in [5.74, 6) is 0.934. The average molecular weight is 428 g/mol. The number of amides is 1. The van der Waals surface area contributed by atoms with Crippen LogP contribution in [0.25, 0.3) is 0 Å². The summed E-state index contributed by atoms with van der Waals surface area (Å²) in [6.07, 6.45) is 5.16. The van der Waals surface area contributed by atoms with Gasteiger partial charge in [0.1, 0.15) is 0 Å². The van der Waals surface area contributed by atoms with Crippen LogP contribution in [0.3, 0.4) is 0 Å². The second kappa shape index (κ2) is 8.62. The first-order valence-corrected chi connectivity index (χ1v) is 12.0. The molecule has 1 aliphatic carbocycles. The molecule has 1 heterocycles. The lowest BCUT2D eigenvalue weighted by molar-refractivity contribution is 0.0920. The molecule has 0 saturated heterocycles. The van der Waals surface area contributed by atoms with E-state index in [-0.39, 0.29) is 34.0 Å². The molecule has 1 aromatic heterocycles. The Hall–Kier alpha value is -2.01. The first-order valence-electron chi connectivity index (χ1n) is 10.6. The molecule has 2 aromatic rings. The third kappa shape index (κ3) is 4.51. The van der Waals surface area contributed by atoms with Crippen LogP contribution in [0.1, 0.15) is 90.3 Å². The van der Waals surface area contributed by atoms with Gasteiger partial charge in [0.15, 0.2) is 11.5 Å². The molecule has 3 rings (SSSR count). The van der Waals surface area contributed by atoms with Crippen LogP contribution >= 0.6 is 11.8 Å². The lowest BCUT2D eigenvalue weighted by Crippen LogP contribution is -2.34. The molecular weight excluding hydrogens is 394 g/mol. The molecule has 0 unspecified atom stereocenters. The standard InChI is InChI=1S/C25H33NO3S/c1-16-14-18-19(25(4,5)11-10-24(18,2)3)15-17(16)22(27)20-8-9-21(29-20)23(28)26-12-7-13-30-6/h8-9,14-15H,7,10-13H2,1-6H3,(H,26,28). The second-order valence-corrected chi connectivity index (χ2v) is 10.6. The number of carbonyl (C=O) groups excluding carboxylic acids is 2. The highest BCUT2D eigenvalue weighted by Gasteiger charge is 2.38. The van der Waals surface area contributed by atoms with E-state index < -0.39 is 0 Å². The summed E-state index contributed by atoms with van der Waals surface area (Å²) < 4.78 is 5.64. The molecule has 1 aliphatic rings. The average Bonchev–Trinajstić information content (AvgIpc) is 3.18. The van der Waals surface area contributed by atoms with Crippen LogP contribution in [0.4, 0.5) is 0 Å². The van der Waals surface area contributed by atoms with Crippen LogP contribution in [0.2, 0.25) is 0 Å². The molecule has 162 valence electrons. The zero-order valence-corrected chi connectivity index (χ0v) is 19.8. The molecule has 4 nitrogen and oxygen atoms in total. The van der Waals surface area contributed by atoms with Crippen molar-refractivity contribution in [1.29, 1.82) is 0 Å². The van der Waals surface area contributed by atoms with E-state index >= 15 is 0 Å². The zero-order valence-electron chi connectivity index (χ0n) is 19.0. The van der Waals surface area contributed by atoms with Crippen molar-refractivity contribution in [2.45, 2.75) is 64.7 Å². The minimum Gasteiger partial charge on any atom is -0.447 e. The van der Waals surface area contributed by atoms with Crippen molar-refractivity contribution in [2.24, 2.45) is 0 Å². The fraction of sp³-hybridized carbons (Fsp3) is 0.520. The predicted octanol–water partition coefficient (Wildman–Crippen LogP) is 5.65. The zero-order chi connectivity index (χ0) is 22.1. The Kier molecular flexibility index (Phi) is 6.51. The monoisotopic (exact) mass is 427 g/mol. The first kappa shape index (κ1) is 22.7. The number of thioether (sulfide) groups is 1. The van der Waals surface area contributed by atoms with Crippen molar-refractivity contribution in [3.63, 3.8) is 0 Å². The molecule has 1 aromatic carbocycles. The maximum absolute atomic E-state index is 13.2. The van der Waals surface area contributed by atoms with Crippen molar-refractivity contribution in [3.8, 4) is 0 Å². The third-order valence-corrected chi connectivity index (χ3v) is 7.00. The molecule has 0 atom stereocenters. The quantitative estimate of drug-likeness (QED) is 0.458. The van der Waals surface area contributed by atoms with Gasteiger partial charge in [0.05, 0.1) is 0 Å². The van der Waals surface area contributed by atoms with Crippen molar-refractivity contribution in [3.05, 3.63) is 58.0 Å². The number of benzene rings is 1. The Morgan fingerprint density at radius 2 is 1.63 bits per heavy atom. The lowest BCUT2D eigenvalue weighted by Gasteiger charge is -2.42. The highest BCUT2D eigenvalue weighted by Crippen LogP contribution is 2.46. The Morgan fingerprint density at radius 1 is 1.03 bits per heavy atom. The number of nitrogens with one attached hydrogen (secondary N) is 1. The first-order chi connectivity index (χ1) is 14.1. The van der Waals surface area contributed by atoms with Crippen molar-refractivity contribution in [2.75, 3.05) is 18.6 Å². The molecule has 0 fully saturated rings. The predicted molar refractivity (Wildman–Crippen MR) is 124 cm³/mol. The van der Waals surface area contributed by atoms with Crippen molar-refractivity contribution >= 4 is 23.5 Å². The van der Waals surface area contributed by atoms with Crippen LogP contribution in [0.15, 0.2) is 28.7 Å². The van der Waals surface area contributed by atoms with Crippen molar-refractivity contribution in [1.82, 2.24) is 5.32 Å². The summed E-state index contributed by atoms with van der Waals surface area (Å²) in [4.78, 5) is 25.5. The Labute approximate surface area is 184 Å². The summed E-state index contributed by atoms with van der Waals surface area (Å²) in [6, 6.07) is 7.41. The van der Waals surface area contributed by atoms with Crippen LogP contribution in [-0.2, 0) is 10.8 Å². The highest BCUT2D eigenvalue weighted by atomic mass is 32.2. The fourth-order valence-electron chi connectivity index (χ4n) is 4.19. The largest absolute Gasteiger partial charge is 0.447 e. The van der Waals surface area contributed by atoms with Gasteiger partial charge in [0.25, 0.3) is 5.91 Å². The number of rotatable bonds is 7. The van der Waals surface area contributed by atoms with Gasteiger partial charge in [0, 0.05) is 12.1 Å². The number of furan rings is 1. The van der Waals surface area contributed by atoms with Gasteiger partial charge >= 0.3 is 0 Å². The van der Waals surface area contributed by atoms with Gasteiger partial charge in [0.2, 0.25) is 5.78 Å². The van der Waals surface area contributed by atoms with E-state index in [0.717, 1.165) is 30.6 Å². The normalized spacial score (nSPS) is 16.7. The number of aryl methyl sites for hydroxylation is 1. The number of ketones is 1. The molecule has 1 amide bonds. The number of carbonyl (C=O) groups is 2. The smallest absolute Gasteiger partial charge is 0.287 e. The molecule has 0 spiro atoms. The van der Waals surface area contributed by atoms with E-state index in [9.17, 15) is 9.59 Å². The number of hydrogen-bond donors (Lipinski definition) is 1. The Morgan fingerprint density at radius 3 is 2.27 bits per heavy atom. The maximum atomic E-state index is 13.2. The minimum absolute atomic E-state index is 0.0264. The van der Waals surface area contributed by atoms with Gasteiger partial charge in [-0.1, -0.05) is 33.8 Å². The van der Waals surface area contributed by atoms with E-state index in [0.29, 0.717) is 12.1 Å². The van der Waals surface area contributed by atoms with Gasteiger partial charge in [-0.25, -0.2) is 0 Å². The summed E-state index contributed by atoms with van der Waals surface area (Å²) in [5.41, 5.74) is 4.30. The summed E-state index contributed by atoms with van der Waals surface area (Å²) in [5, 5.41) is 2.84. The van der Waals surface area contributed by atoms with Gasteiger partial charge in [-0.3, -0.25) is 9.59 Å². The summed E-state index contributed by atoms with van der Waals surface area (Å²) in [6.45, 7) is 11.6. The van der Waals surface area contributed by atoms with E-state index in [1.807, 2.05) is 13.2 Å². The molecule has 0 aliphatic heterocycles. The Balaban J connectivity index is 1.86. The molecular formula is C25H33NO3S. The van der Waals surface area contributed by atoms with E-state index in [4.69, 9.17) is 4.42 Å². The van der Waals surface area contributed by atoms with Gasteiger partial charge in [-0.05, 0) is 83.9 Å². The summed E-state index contributed by atoms with van der Waals surface area (Å²) >= 11 is 1.75. The van der Waals surface area contributed by atoms with Crippen LogP contribution in [0.5, 0.6) is 0 Å². The second-order valence-electron chi connectivity index (χ2n) is 9.58. The molecule has 0 saturated carbocycles. The highest BCUT2D eigenvalue weighted by molar-refractivity contribution is 7.98. The number of hydrogen-bond acceptors (Lipinski definition) is 4. The van der Waals surface area contributed by atoms with Gasteiger partial charge in [-0.15, -0.1) is 0 Å². The van der Waals surface area contributed by atoms with Crippen molar-refractivity contribution < 1.29 is 14.0 Å². The molecule has 0 radical (unpaired) electrons. The van der Waals surface area contributed by atoms with E-state index in [1.54, 1.807) is 23.9 Å². The lowest BCUT2D eigenvalue weighted by atomic mass is 9.62. The van der Waals surface area contributed by atoms with Crippen LogP contribution in [0, 0.1) is 6.92 Å². The maximum Gasteiger partial charge on any atom is 0.287 e. The number of fused-ring (bicyclic) bond motifs is 1.